The van der Waals surface area contributed by atoms with Crippen LogP contribution in [-0.2, 0) is 4.74 Å². The van der Waals surface area contributed by atoms with Crippen LogP contribution >= 0.6 is 0 Å². The molecule has 2 nitrogen and oxygen atoms in total. The minimum absolute atomic E-state index is 0.256. The van der Waals surface area contributed by atoms with E-state index in [0.717, 1.165) is 6.61 Å². The molecule has 0 bridgehead atoms. The zero-order chi connectivity index (χ0) is 12.0. The number of aryl methyl sites for hydroxylation is 1. The molecule has 1 heterocycles. The Kier molecular flexibility index (Phi) is 2.44. The number of hydrogen-bond acceptors (Lipinski definition) is 2. The van der Waals surface area contributed by atoms with Gasteiger partial charge < -0.3 is 10.1 Å². The Balaban J connectivity index is 1.75. The van der Waals surface area contributed by atoms with Crippen LogP contribution in [0.3, 0.4) is 0 Å². The zero-order valence-electron chi connectivity index (χ0n) is 10.9. The van der Waals surface area contributed by atoms with Crippen molar-refractivity contribution in [3.63, 3.8) is 0 Å². The lowest BCUT2D eigenvalue weighted by molar-refractivity contribution is -0.0923. The largest absolute Gasteiger partial charge is 0.381 e. The van der Waals surface area contributed by atoms with E-state index in [0.29, 0.717) is 18.1 Å². The van der Waals surface area contributed by atoms with Gasteiger partial charge in [-0.05, 0) is 25.5 Å². The van der Waals surface area contributed by atoms with Gasteiger partial charge in [-0.2, -0.15) is 0 Å². The second kappa shape index (κ2) is 3.74. The van der Waals surface area contributed by atoms with Gasteiger partial charge in [0.05, 0.1) is 6.10 Å². The summed E-state index contributed by atoms with van der Waals surface area (Å²) in [6, 6.07) is 9.23. The summed E-state index contributed by atoms with van der Waals surface area (Å²) in [6.07, 6.45) is 1.67. The minimum Gasteiger partial charge on any atom is -0.381 e. The molecule has 92 valence electrons. The normalized spacial score (nSPS) is 33.9. The lowest BCUT2D eigenvalue weighted by Gasteiger charge is -2.55. The third-order valence-electron chi connectivity index (χ3n) is 4.47. The first-order valence-corrected chi connectivity index (χ1v) is 6.54. The number of fused-ring (bicyclic) bond motifs is 1. The van der Waals surface area contributed by atoms with Gasteiger partial charge in [0.25, 0.3) is 0 Å². The van der Waals surface area contributed by atoms with Crippen molar-refractivity contribution in [3.8, 4) is 0 Å². The van der Waals surface area contributed by atoms with Gasteiger partial charge >= 0.3 is 0 Å². The maximum Gasteiger partial charge on any atom is 0.0694 e. The van der Waals surface area contributed by atoms with Crippen LogP contribution in [0, 0.1) is 18.3 Å². The SMILES string of the molecule is Cc1ccc(NC2C3CCOC3C2(C)C)cc1. The topological polar surface area (TPSA) is 21.3 Å². The summed E-state index contributed by atoms with van der Waals surface area (Å²) in [5.74, 6) is 0.700. The van der Waals surface area contributed by atoms with Gasteiger partial charge in [0, 0.05) is 29.7 Å². The molecule has 1 aliphatic carbocycles. The van der Waals surface area contributed by atoms with E-state index < -0.39 is 0 Å². The molecule has 2 fully saturated rings. The molecule has 3 unspecified atom stereocenters. The Hall–Kier alpha value is -1.02. The number of hydrogen-bond donors (Lipinski definition) is 1. The van der Waals surface area contributed by atoms with Crippen LogP contribution in [0.4, 0.5) is 5.69 Å². The second-order valence-corrected chi connectivity index (χ2v) is 6.05. The van der Waals surface area contributed by atoms with Crippen LogP contribution in [0.5, 0.6) is 0 Å². The lowest BCUT2D eigenvalue weighted by atomic mass is 9.57. The van der Waals surface area contributed by atoms with E-state index in [1.165, 1.54) is 17.7 Å². The third-order valence-corrected chi connectivity index (χ3v) is 4.47. The fraction of sp³-hybridized carbons (Fsp3) is 0.600. The smallest absolute Gasteiger partial charge is 0.0694 e. The predicted molar refractivity (Wildman–Crippen MR) is 70.2 cm³/mol. The standard InChI is InChI=1S/C15H21NO/c1-10-4-6-11(7-5-10)16-13-12-8-9-17-14(12)15(13,2)3/h4-7,12-14,16H,8-9H2,1-3H3. The highest BCUT2D eigenvalue weighted by atomic mass is 16.5. The zero-order valence-corrected chi connectivity index (χ0v) is 10.9. The molecule has 1 N–H and O–H groups in total. The summed E-state index contributed by atoms with van der Waals surface area (Å²) in [4.78, 5) is 0. The highest BCUT2D eigenvalue weighted by Gasteiger charge is 2.59. The van der Waals surface area contributed by atoms with E-state index in [1.807, 2.05) is 0 Å². The summed E-state index contributed by atoms with van der Waals surface area (Å²) in [5.41, 5.74) is 2.80. The van der Waals surface area contributed by atoms with Crippen molar-refractivity contribution in [2.75, 3.05) is 11.9 Å². The summed E-state index contributed by atoms with van der Waals surface area (Å²) >= 11 is 0. The summed E-state index contributed by atoms with van der Waals surface area (Å²) in [6.45, 7) is 7.68. The van der Waals surface area contributed by atoms with Gasteiger partial charge in [-0.15, -0.1) is 0 Å². The maximum atomic E-state index is 5.81. The highest BCUT2D eigenvalue weighted by molar-refractivity contribution is 5.47. The van der Waals surface area contributed by atoms with Crippen molar-refractivity contribution in [1.29, 1.82) is 0 Å². The minimum atomic E-state index is 0.256. The Bertz CT molecular complexity index is 409. The molecule has 3 atom stereocenters. The second-order valence-electron chi connectivity index (χ2n) is 6.05. The Morgan fingerprint density at radius 1 is 1.24 bits per heavy atom. The summed E-state index contributed by atoms with van der Waals surface area (Å²) < 4.78 is 5.81. The molecule has 0 amide bonds. The molecule has 17 heavy (non-hydrogen) atoms. The van der Waals surface area contributed by atoms with Crippen LogP contribution in [0.25, 0.3) is 0 Å². The van der Waals surface area contributed by atoms with Gasteiger partial charge in [0.15, 0.2) is 0 Å². The Morgan fingerprint density at radius 2 is 1.94 bits per heavy atom. The molecule has 1 aromatic rings. The maximum absolute atomic E-state index is 5.81. The highest BCUT2D eigenvalue weighted by Crippen LogP contribution is 2.53. The molecule has 2 heteroatoms. The molecular formula is C15H21NO. The van der Waals surface area contributed by atoms with Gasteiger partial charge in [0.2, 0.25) is 0 Å². The fourth-order valence-corrected chi connectivity index (χ4v) is 3.45. The van der Waals surface area contributed by atoms with Crippen LogP contribution in [-0.4, -0.2) is 18.8 Å². The van der Waals surface area contributed by atoms with Gasteiger partial charge in [-0.25, -0.2) is 0 Å². The van der Waals surface area contributed by atoms with Crippen LogP contribution in [0.2, 0.25) is 0 Å². The average Bonchev–Trinajstić information content (AvgIpc) is 2.75. The molecule has 1 saturated heterocycles. The molecule has 1 saturated carbocycles. The van der Waals surface area contributed by atoms with Crippen molar-refractivity contribution < 1.29 is 4.74 Å². The first-order valence-electron chi connectivity index (χ1n) is 6.54. The van der Waals surface area contributed by atoms with Gasteiger partial charge in [-0.3, -0.25) is 0 Å². The molecule has 0 spiro atoms. The van der Waals surface area contributed by atoms with E-state index in [9.17, 15) is 0 Å². The summed E-state index contributed by atoms with van der Waals surface area (Å²) in [7, 11) is 0. The van der Waals surface area contributed by atoms with E-state index in [-0.39, 0.29) is 5.41 Å². The number of anilines is 1. The van der Waals surface area contributed by atoms with Crippen molar-refractivity contribution in [1.82, 2.24) is 0 Å². The van der Waals surface area contributed by atoms with Crippen molar-refractivity contribution >= 4 is 5.69 Å². The van der Waals surface area contributed by atoms with E-state index in [1.54, 1.807) is 0 Å². The monoisotopic (exact) mass is 231 g/mol. The number of ether oxygens (including phenoxy) is 1. The van der Waals surface area contributed by atoms with Gasteiger partial charge in [0.1, 0.15) is 0 Å². The molecule has 1 aliphatic heterocycles. The number of nitrogens with one attached hydrogen (secondary N) is 1. The molecule has 3 rings (SSSR count). The first-order chi connectivity index (χ1) is 8.09. The molecule has 2 aliphatic rings. The number of benzene rings is 1. The van der Waals surface area contributed by atoms with Crippen molar-refractivity contribution in [3.05, 3.63) is 29.8 Å². The predicted octanol–water partition coefficient (Wildman–Crippen LogP) is 3.22. The van der Waals surface area contributed by atoms with E-state index >= 15 is 0 Å². The van der Waals surface area contributed by atoms with Crippen LogP contribution in [0.1, 0.15) is 25.8 Å². The van der Waals surface area contributed by atoms with Crippen molar-refractivity contribution in [2.24, 2.45) is 11.3 Å². The van der Waals surface area contributed by atoms with Crippen molar-refractivity contribution in [2.45, 2.75) is 39.3 Å². The van der Waals surface area contributed by atoms with Gasteiger partial charge in [-0.1, -0.05) is 31.5 Å². The van der Waals surface area contributed by atoms with E-state index in [4.69, 9.17) is 4.74 Å². The average molecular weight is 231 g/mol. The van der Waals surface area contributed by atoms with Crippen LogP contribution < -0.4 is 5.32 Å². The van der Waals surface area contributed by atoms with Crippen LogP contribution in [0.15, 0.2) is 24.3 Å². The quantitative estimate of drug-likeness (QED) is 0.843. The lowest BCUT2D eigenvalue weighted by Crippen LogP contribution is -2.63. The molecule has 0 radical (unpaired) electrons. The Morgan fingerprint density at radius 3 is 2.65 bits per heavy atom. The Labute approximate surface area is 103 Å². The first kappa shape index (κ1) is 11.1. The molecule has 0 aromatic heterocycles. The summed E-state index contributed by atoms with van der Waals surface area (Å²) in [5, 5.41) is 3.69. The van der Waals surface area contributed by atoms with E-state index in [2.05, 4.69) is 50.4 Å². The third kappa shape index (κ3) is 1.66. The molecular weight excluding hydrogens is 210 g/mol. The molecule has 1 aromatic carbocycles. The fourth-order valence-electron chi connectivity index (χ4n) is 3.45. The number of rotatable bonds is 2.